The summed E-state index contributed by atoms with van der Waals surface area (Å²) >= 11 is 0. The fraction of sp³-hybridized carbons (Fsp3) is 0.857. The van der Waals surface area contributed by atoms with Crippen LogP contribution in [0.5, 0.6) is 0 Å². The molecule has 0 rings (SSSR count). The molecular weight excluding hydrogens is 144 g/mol. The fourth-order valence-electron chi connectivity index (χ4n) is 0.681. The molecule has 0 saturated carbocycles. The topological polar surface area (TPSA) is 64.4 Å². The molecule has 0 aliphatic heterocycles. The summed E-state index contributed by atoms with van der Waals surface area (Å²) in [6.07, 6.45) is 0.887. The summed E-state index contributed by atoms with van der Waals surface area (Å²) in [7, 11) is 1.39. The highest BCUT2D eigenvalue weighted by Gasteiger charge is 2.18. The van der Waals surface area contributed by atoms with Crippen LogP contribution >= 0.6 is 0 Å². The molecule has 0 bridgehead atoms. The molecule has 0 aliphatic carbocycles. The Morgan fingerprint density at radius 1 is 1.73 bits per heavy atom. The van der Waals surface area contributed by atoms with Gasteiger partial charge in [0.15, 0.2) is 0 Å². The van der Waals surface area contributed by atoms with Crippen molar-refractivity contribution in [2.45, 2.75) is 26.3 Å². The summed E-state index contributed by atoms with van der Waals surface area (Å²) in [5.41, 5.74) is 7.76. The summed E-state index contributed by atoms with van der Waals surface area (Å²) in [5.74, 6) is -0.0769. The monoisotopic (exact) mass is 160 g/mol. The summed E-state index contributed by atoms with van der Waals surface area (Å²) < 4.78 is 0. The molecule has 4 heteroatoms. The van der Waals surface area contributed by atoms with E-state index >= 15 is 0 Å². The SMILES string of the molecule is CCC(C)C(N)C(=O)NOC. The Morgan fingerprint density at radius 3 is 2.64 bits per heavy atom. The van der Waals surface area contributed by atoms with Gasteiger partial charge in [0.05, 0.1) is 13.2 Å². The van der Waals surface area contributed by atoms with E-state index in [4.69, 9.17) is 5.73 Å². The van der Waals surface area contributed by atoms with Crippen LogP contribution in [0.25, 0.3) is 0 Å². The third-order valence-electron chi connectivity index (χ3n) is 1.76. The molecule has 0 spiro atoms. The van der Waals surface area contributed by atoms with Crippen molar-refractivity contribution in [1.29, 1.82) is 0 Å². The van der Waals surface area contributed by atoms with Crippen molar-refractivity contribution in [3.05, 3.63) is 0 Å². The van der Waals surface area contributed by atoms with Crippen LogP contribution in [0.4, 0.5) is 0 Å². The Balaban J connectivity index is 3.80. The van der Waals surface area contributed by atoms with E-state index in [0.29, 0.717) is 0 Å². The molecule has 2 atom stereocenters. The van der Waals surface area contributed by atoms with Crippen LogP contribution < -0.4 is 11.2 Å². The predicted molar refractivity (Wildman–Crippen MR) is 42.6 cm³/mol. The van der Waals surface area contributed by atoms with Crippen LogP contribution in [0.3, 0.4) is 0 Å². The molecule has 4 nitrogen and oxygen atoms in total. The number of carbonyl (C=O) groups excluding carboxylic acids is 1. The number of hydrogen-bond acceptors (Lipinski definition) is 3. The first-order valence-electron chi connectivity index (χ1n) is 3.71. The lowest BCUT2D eigenvalue weighted by atomic mass is 10.00. The van der Waals surface area contributed by atoms with E-state index in [1.54, 1.807) is 0 Å². The molecule has 0 radical (unpaired) electrons. The molecule has 0 aromatic rings. The normalized spacial score (nSPS) is 15.6. The van der Waals surface area contributed by atoms with Gasteiger partial charge in [-0.05, 0) is 5.92 Å². The maximum absolute atomic E-state index is 11.0. The molecule has 0 saturated heterocycles. The Kier molecular flexibility index (Phi) is 4.81. The molecule has 0 aromatic heterocycles. The predicted octanol–water partition coefficient (Wildman–Crippen LogP) is 0.0374. The lowest BCUT2D eigenvalue weighted by Crippen LogP contribution is -2.44. The van der Waals surface area contributed by atoms with Crippen molar-refractivity contribution in [3.8, 4) is 0 Å². The first kappa shape index (κ1) is 10.4. The third kappa shape index (κ3) is 3.34. The first-order chi connectivity index (χ1) is 5.13. The molecule has 0 fully saturated rings. The maximum atomic E-state index is 11.0. The lowest BCUT2D eigenvalue weighted by molar-refractivity contribution is -0.133. The van der Waals surface area contributed by atoms with Gasteiger partial charge in [-0.1, -0.05) is 20.3 Å². The number of nitrogens with one attached hydrogen (secondary N) is 1. The quantitative estimate of drug-likeness (QED) is 0.570. The second-order valence-corrected chi connectivity index (χ2v) is 2.58. The number of hydrogen-bond donors (Lipinski definition) is 2. The Labute approximate surface area is 67.0 Å². The zero-order chi connectivity index (χ0) is 8.85. The van der Waals surface area contributed by atoms with Gasteiger partial charge in [-0.25, -0.2) is 5.48 Å². The van der Waals surface area contributed by atoms with E-state index in [9.17, 15) is 4.79 Å². The van der Waals surface area contributed by atoms with Gasteiger partial charge in [0.1, 0.15) is 0 Å². The standard InChI is InChI=1S/C7H16N2O2/c1-4-5(2)6(8)7(10)9-11-3/h5-6H,4,8H2,1-3H3,(H,9,10). The number of nitrogens with two attached hydrogens (primary N) is 1. The largest absolute Gasteiger partial charge is 0.320 e. The van der Waals surface area contributed by atoms with E-state index in [0.717, 1.165) is 6.42 Å². The number of rotatable bonds is 4. The smallest absolute Gasteiger partial charge is 0.260 e. The Bertz CT molecular complexity index is 128. The second kappa shape index (κ2) is 5.09. The van der Waals surface area contributed by atoms with Crippen LogP contribution in [-0.2, 0) is 9.63 Å². The van der Waals surface area contributed by atoms with Crippen LogP contribution in [0.1, 0.15) is 20.3 Å². The third-order valence-corrected chi connectivity index (χ3v) is 1.76. The minimum Gasteiger partial charge on any atom is -0.320 e. The van der Waals surface area contributed by atoms with Crippen LogP contribution in [0.15, 0.2) is 0 Å². The summed E-state index contributed by atoms with van der Waals surface area (Å²) in [6, 6.07) is -0.472. The Hall–Kier alpha value is -0.610. The molecular formula is C7H16N2O2. The van der Waals surface area contributed by atoms with E-state index in [-0.39, 0.29) is 11.8 Å². The second-order valence-electron chi connectivity index (χ2n) is 2.58. The highest BCUT2D eigenvalue weighted by Crippen LogP contribution is 2.04. The first-order valence-corrected chi connectivity index (χ1v) is 3.71. The van der Waals surface area contributed by atoms with E-state index in [1.165, 1.54) is 7.11 Å². The van der Waals surface area contributed by atoms with Crippen molar-refractivity contribution in [3.63, 3.8) is 0 Å². The molecule has 0 heterocycles. The van der Waals surface area contributed by atoms with E-state index < -0.39 is 6.04 Å². The van der Waals surface area contributed by atoms with E-state index in [1.807, 2.05) is 13.8 Å². The van der Waals surface area contributed by atoms with Crippen molar-refractivity contribution in [2.24, 2.45) is 11.7 Å². The summed E-state index contributed by atoms with van der Waals surface area (Å²) in [6.45, 7) is 3.92. The zero-order valence-electron chi connectivity index (χ0n) is 7.26. The molecule has 66 valence electrons. The van der Waals surface area contributed by atoms with Gasteiger partial charge in [0, 0.05) is 0 Å². The number of carbonyl (C=O) groups is 1. The van der Waals surface area contributed by atoms with Crippen LogP contribution in [0.2, 0.25) is 0 Å². The van der Waals surface area contributed by atoms with Gasteiger partial charge in [0.25, 0.3) is 5.91 Å². The van der Waals surface area contributed by atoms with Crippen LogP contribution in [0, 0.1) is 5.92 Å². The minimum absolute atomic E-state index is 0.185. The van der Waals surface area contributed by atoms with Gasteiger partial charge in [-0.3, -0.25) is 9.63 Å². The highest BCUT2D eigenvalue weighted by molar-refractivity contribution is 5.80. The minimum atomic E-state index is -0.472. The molecule has 0 aromatic carbocycles. The highest BCUT2D eigenvalue weighted by atomic mass is 16.6. The van der Waals surface area contributed by atoms with Crippen molar-refractivity contribution < 1.29 is 9.63 Å². The van der Waals surface area contributed by atoms with Crippen molar-refractivity contribution >= 4 is 5.91 Å². The van der Waals surface area contributed by atoms with Crippen molar-refractivity contribution in [2.75, 3.05) is 7.11 Å². The van der Waals surface area contributed by atoms with Gasteiger partial charge in [0.2, 0.25) is 0 Å². The zero-order valence-corrected chi connectivity index (χ0v) is 7.26. The van der Waals surface area contributed by atoms with Crippen LogP contribution in [-0.4, -0.2) is 19.1 Å². The summed E-state index contributed by atoms with van der Waals surface area (Å²) in [4.78, 5) is 15.4. The Morgan fingerprint density at radius 2 is 2.27 bits per heavy atom. The van der Waals surface area contributed by atoms with E-state index in [2.05, 4.69) is 10.3 Å². The van der Waals surface area contributed by atoms with Gasteiger partial charge >= 0.3 is 0 Å². The summed E-state index contributed by atoms with van der Waals surface area (Å²) in [5, 5.41) is 0. The molecule has 0 aliphatic rings. The maximum Gasteiger partial charge on any atom is 0.260 e. The molecule has 2 unspecified atom stereocenters. The number of hydroxylamine groups is 1. The molecule has 1 amide bonds. The lowest BCUT2D eigenvalue weighted by Gasteiger charge is -2.16. The average molecular weight is 160 g/mol. The molecule has 3 N–H and O–H groups in total. The molecule has 11 heavy (non-hydrogen) atoms. The number of amides is 1. The van der Waals surface area contributed by atoms with Gasteiger partial charge in [-0.2, -0.15) is 0 Å². The fourth-order valence-corrected chi connectivity index (χ4v) is 0.681. The van der Waals surface area contributed by atoms with Gasteiger partial charge < -0.3 is 5.73 Å². The van der Waals surface area contributed by atoms with Crippen molar-refractivity contribution in [1.82, 2.24) is 5.48 Å². The van der Waals surface area contributed by atoms with Gasteiger partial charge in [-0.15, -0.1) is 0 Å². The average Bonchev–Trinajstić information content (AvgIpc) is 2.02.